The van der Waals surface area contributed by atoms with Gasteiger partial charge in [-0.25, -0.2) is 4.79 Å². The molecule has 2 N–H and O–H groups in total. The number of piperidine rings is 1. The zero-order valence-electron chi connectivity index (χ0n) is 10.7. The number of aliphatic carboxylic acids is 1. The van der Waals surface area contributed by atoms with E-state index in [9.17, 15) is 9.59 Å². The van der Waals surface area contributed by atoms with Gasteiger partial charge in [-0.3, -0.25) is 4.79 Å². The molecule has 1 saturated carbocycles. The third-order valence-corrected chi connectivity index (χ3v) is 3.98. The van der Waals surface area contributed by atoms with Gasteiger partial charge in [0, 0.05) is 26.1 Å². The van der Waals surface area contributed by atoms with Crippen LogP contribution in [0.25, 0.3) is 0 Å². The maximum atomic E-state index is 11.9. The summed E-state index contributed by atoms with van der Waals surface area (Å²) in [6, 6.07) is -0.0167. The second-order valence-electron chi connectivity index (χ2n) is 5.53. The Morgan fingerprint density at radius 3 is 2.50 bits per heavy atom. The first-order valence-electron chi connectivity index (χ1n) is 6.89. The third-order valence-electron chi connectivity index (χ3n) is 3.98. The minimum absolute atomic E-state index is 0.0167. The number of urea groups is 1. The second kappa shape index (κ2) is 6.07. The van der Waals surface area contributed by atoms with E-state index in [2.05, 4.69) is 5.32 Å². The molecule has 1 aliphatic heterocycles. The van der Waals surface area contributed by atoms with Crippen molar-refractivity contribution in [2.45, 2.75) is 38.5 Å². The van der Waals surface area contributed by atoms with E-state index in [4.69, 9.17) is 5.11 Å². The van der Waals surface area contributed by atoms with E-state index >= 15 is 0 Å². The first kappa shape index (κ1) is 13.2. The van der Waals surface area contributed by atoms with Crippen molar-refractivity contribution in [3.05, 3.63) is 0 Å². The van der Waals surface area contributed by atoms with Gasteiger partial charge in [0.05, 0.1) is 0 Å². The number of nitrogens with zero attached hydrogens (tertiary/aromatic N) is 1. The smallest absolute Gasteiger partial charge is 0.317 e. The van der Waals surface area contributed by atoms with Crippen LogP contribution in [0.3, 0.4) is 0 Å². The molecule has 0 radical (unpaired) electrons. The Hall–Kier alpha value is -1.26. The normalized spacial score (nSPS) is 26.8. The van der Waals surface area contributed by atoms with Crippen LogP contribution in [-0.4, -0.2) is 41.6 Å². The standard InChI is InChI=1S/C13H22N2O3/c16-12(17)5-2-6-14-13(18)15-8-10-3-1-4-11(7-10)9-15/h10-11H,1-9H2,(H,14,18)(H,16,17). The maximum absolute atomic E-state index is 11.9. The highest BCUT2D eigenvalue weighted by Crippen LogP contribution is 2.34. The molecule has 5 nitrogen and oxygen atoms in total. The average Bonchev–Trinajstić information content (AvgIpc) is 2.33. The summed E-state index contributed by atoms with van der Waals surface area (Å²) in [5.41, 5.74) is 0. The SMILES string of the molecule is O=C(O)CCCNC(=O)N1CC2CCCC(C2)C1. The number of carbonyl (C=O) groups is 2. The van der Waals surface area contributed by atoms with Gasteiger partial charge in [0.15, 0.2) is 0 Å². The molecule has 0 aromatic carbocycles. The van der Waals surface area contributed by atoms with Gasteiger partial charge < -0.3 is 15.3 Å². The lowest BCUT2D eigenvalue weighted by molar-refractivity contribution is -0.137. The summed E-state index contributed by atoms with van der Waals surface area (Å²) in [6.07, 6.45) is 5.71. The van der Waals surface area contributed by atoms with Crippen LogP contribution in [0, 0.1) is 11.8 Å². The van der Waals surface area contributed by atoms with Crippen LogP contribution in [0.4, 0.5) is 4.79 Å². The molecule has 0 aromatic rings. The molecule has 5 heteroatoms. The van der Waals surface area contributed by atoms with Crippen LogP contribution in [0.1, 0.15) is 38.5 Å². The van der Waals surface area contributed by atoms with Crippen LogP contribution in [0.2, 0.25) is 0 Å². The quantitative estimate of drug-likeness (QED) is 0.750. The number of fused-ring (bicyclic) bond motifs is 2. The van der Waals surface area contributed by atoms with Crippen LogP contribution in [0.5, 0.6) is 0 Å². The van der Waals surface area contributed by atoms with E-state index in [-0.39, 0.29) is 12.5 Å². The molecule has 2 unspecified atom stereocenters. The van der Waals surface area contributed by atoms with Crippen molar-refractivity contribution >= 4 is 12.0 Å². The Labute approximate surface area is 108 Å². The van der Waals surface area contributed by atoms with E-state index < -0.39 is 5.97 Å². The molecular weight excluding hydrogens is 232 g/mol. The van der Waals surface area contributed by atoms with E-state index in [1.165, 1.54) is 25.7 Å². The fraction of sp³-hybridized carbons (Fsp3) is 0.846. The highest BCUT2D eigenvalue weighted by molar-refractivity contribution is 5.74. The number of carbonyl (C=O) groups excluding carboxylic acids is 1. The number of hydrogen-bond donors (Lipinski definition) is 2. The summed E-state index contributed by atoms with van der Waals surface area (Å²) in [4.78, 5) is 24.2. The minimum Gasteiger partial charge on any atom is -0.481 e. The number of likely N-dealkylation sites (tertiary alicyclic amines) is 1. The number of nitrogens with one attached hydrogen (secondary N) is 1. The maximum Gasteiger partial charge on any atom is 0.317 e. The van der Waals surface area contributed by atoms with E-state index in [1.54, 1.807) is 0 Å². The molecule has 2 bridgehead atoms. The summed E-state index contributed by atoms with van der Waals surface area (Å²) >= 11 is 0. The lowest BCUT2D eigenvalue weighted by Crippen LogP contribution is -2.49. The number of hydrogen-bond acceptors (Lipinski definition) is 2. The van der Waals surface area contributed by atoms with Crippen molar-refractivity contribution in [2.24, 2.45) is 11.8 Å². The molecule has 102 valence electrons. The van der Waals surface area contributed by atoms with Gasteiger partial charge in [-0.1, -0.05) is 6.42 Å². The molecule has 1 heterocycles. The Morgan fingerprint density at radius 2 is 1.89 bits per heavy atom. The number of carboxylic acid groups (broad SMARTS) is 1. The molecule has 1 aliphatic carbocycles. The van der Waals surface area contributed by atoms with Crippen molar-refractivity contribution < 1.29 is 14.7 Å². The molecule has 0 aromatic heterocycles. The average molecular weight is 254 g/mol. The third kappa shape index (κ3) is 3.62. The molecular formula is C13H22N2O3. The van der Waals surface area contributed by atoms with Crippen LogP contribution < -0.4 is 5.32 Å². The van der Waals surface area contributed by atoms with Crippen molar-refractivity contribution in [3.8, 4) is 0 Å². The Kier molecular flexibility index (Phi) is 4.44. The second-order valence-corrected chi connectivity index (χ2v) is 5.53. The molecule has 18 heavy (non-hydrogen) atoms. The fourth-order valence-electron chi connectivity index (χ4n) is 3.14. The summed E-state index contributed by atoms with van der Waals surface area (Å²) in [5, 5.41) is 11.3. The van der Waals surface area contributed by atoms with Gasteiger partial charge in [0.25, 0.3) is 0 Å². The lowest BCUT2D eigenvalue weighted by atomic mass is 9.78. The van der Waals surface area contributed by atoms with Crippen molar-refractivity contribution in [1.29, 1.82) is 0 Å². The summed E-state index contributed by atoms with van der Waals surface area (Å²) in [5.74, 6) is 0.557. The van der Waals surface area contributed by atoms with Gasteiger partial charge in [-0.15, -0.1) is 0 Å². The minimum atomic E-state index is -0.809. The lowest BCUT2D eigenvalue weighted by Gasteiger charge is -2.41. The van der Waals surface area contributed by atoms with E-state index in [0.717, 1.165) is 13.1 Å². The first-order chi connectivity index (χ1) is 8.65. The highest BCUT2D eigenvalue weighted by Gasteiger charge is 2.32. The van der Waals surface area contributed by atoms with E-state index in [1.807, 2.05) is 4.90 Å². The Morgan fingerprint density at radius 1 is 1.22 bits per heavy atom. The van der Waals surface area contributed by atoms with Crippen molar-refractivity contribution in [3.63, 3.8) is 0 Å². The van der Waals surface area contributed by atoms with Gasteiger partial charge in [0.2, 0.25) is 0 Å². The van der Waals surface area contributed by atoms with Crippen LogP contribution >= 0.6 is 0 Å². The van der Waals surface area contributed by atoms with Gasteiger partial charge >= 0.3 is 12.0 Å². The van der Waals surface area contributed by atoms with Gasteiger partial charge in [-0.2, -0.15) is 0 Å². The first-order valence-corrected chi connectivity index (χ1v) is 6.89. The Balaban J connectivity index is 1.70. The van der Waals surface area contributed by atoms with Crippen LogP contribution in [-0.2, 0) is 4.79 Å². The fourth-order valence-corrected chi connectivity index (χ4v) is 3.14. The molecule has 1 saturated heterocycles. The molecule has 2 rings (SSSR count). The van der Waals surface area contributed by atoms with E-state index in [0.29, 0.717) is 24.8 Å². The molecule has 2 atom stereocenters. The molecule has 2 amide bonds. The highest BCUT2D eigenvalue weighted by atomic mass is 16.4. The molecule has 2 fully saturated rings. The zero-order valence-corrected chi connectivity index (χ0v) is 10.7. The van der Waals surface area contributed by atoms with Gasteiger partial charge in [-0.05, 0) is 37.5 Å². The monoisotopic (exact) mass is 254 g/mol. The zero-order chi connectivity index (χ0) is 13.0. The summed E-state index contributed by atoms with van der Waals surface area (Å²) < 4.78 is 0. The van der Waals surface area contributed by atoms with Crippen molar-refractivity contribution in [2.75, 3.05) is 19.6 Å². The molecule has 0 spiro atoms. The van der Waals surface area contributed by atoms with Crippen molar-refractivity contribution in [1.82, 2.24) is 10.2 Å². The van der Waals surface area contributed by atoms with Crippen LogP contribution in [0.15, 0.2) is 0 Å². The number of carboxylic acids is 1. The summed E-state index contributed by atoms with van der Waals surface area (Å²) in [7, 11) is 0. The molecule has 2 aliphatic rings. The largest absolute Gasteiger partial charge is 0.481 e. The Bertz CT molecular complexity index is 307. The predicted molar refractivity (Wildman–Crippen MR) is 67.3 cm³/mol. The number of rotatable bonds is 4. The van der Waals surface area contributed by atoms with Gasteiger partial charge in [0.1, 0.15) is 0 Å². The summed E-state index contributed by atoms with van der Waals surface area (Å²) in [6.45, 7) is 2.21. The number of amides is 2. The topological polar surface area (TPSA) is 69.6 Å². The predicted octanol–water partition coefficient (Wildman–Crippen LogP) is 1.68.